The second-order valence-corrected chi connectivity index (χ2v) is 4.40. The predicted octanol–water partition coefficient (Wildman–Crippen LogP) is -0.466. The maximum Gasteiger partial charge on any atom is 0.168 e. The van der Waals surface area contributed by atoms with E-state index in [0.29, 0.717) is 6.54 Å². The number of alkyl halides is 1. The Hall–Kier alpha value is 1.04. The van der Waals surface area contributed by atoms with Crippen LogP contribution in [0, 0.1) is 0 Å². The second-order valence-electron chi connectivity index (χ2n) is 1.86. The molecule has 2 N–H and O–H groups in total. The van der Waals surface area contributed by atoms with E-state index in [1.807, 2.05) is 22.6 Å². The summed E-state index contributed by atoms with van der Waals surface area (Å²) in [5, 5.41) is 17.9. The number of hydrogen-bond acceptors (Lipinski definition) is 3. The van der Waals surface area contributed by atoms with Crippen LogP contribution in [0.25, 0.3) is 0 Å². The molecular formula is C3H7INO2P. The molecule has 1 saturated heterocycles. The summed E-state index contributed by atoms with van der Waals surface area (Å²) in [5.41, 5.74) is 0. The summed E-state index contributed by atoms with van der Waals surface area (Å²) in [6, 6.07) is 0. The van der Waals surface area contributed by atoms with Crippen LogP contribution < -0.4 is 0 Å². The van der Waals surface area contributed by atoms with Gasteiger partial charge >= 0.3 is 0 Å². The topological polar surface area (TPSA) is 43.7 Å². The molecule has 1 aliphatic rings. The molecule has 5 heteroatoms. The molecule has 3 unspecified atom stereocenters. The van der Waals surface area contributed by atoms with Crippen LogP contribution in [0.2, 0.25) is 0 Å². The highest BCUT2D eigenvalue weighted by Crippen LogP contribution is 2.35. The average Bonchev–Trinajstić information content (AvgIpc) is 1.65. The van der Waals surface area contributed by atoms with E-state index in [9.17, 15) is 0 Å². The van der Waals surface area contributed by atoms with Crippen LogP contribution in [0.5, 0.6) is 0 Å². The SMILES string of the molecule is OC1N(P)CC1(O)I. The van der Waals surface area contributed by atoms with E-state index >= 15 is 0 Å². The van der Waals surface area contributed by atoms with Gasteiger partial charge in [0.05, 0.1) is 0 Å². The van der Waals surface area contributed by atoms with Crippen molar-refractivity contribution in [3.05, 3.63) is 0 Å². The van der Waals surface area contributed by atoms with E-state index in [4.69, 9.17) is 10.2 Å². The lowest BCUT2D eigenvalue weighted by atomic mass is 10.2. The van der Waals surface area contributed by atoms with Gasteiger partial charge in [-0.1, -0.05) is 9.39 Å². The zero-order chi connectivity index (χ0) is 6.36. The molecule has 48 valence electrons. The summed E-state index contributed by atoms with van der Waals surface area (Å²) >= 11 is 1.82. The van der Waals surface area contributed by atoms with Gasteiger partial charge in [0.1, 0.15) is 6.23 Å². The number of nitrogens with zero attached hydrogens (tertiary/aromatic N) is 1. The highest BCUT2D eigenvalue weighted by molar-refractivity contribution is 14.1. The van der Waals surface area contributed by atoms with Gasteiger partial charge in [-0.25, -0.2) is 0 Å². The monoisotopic (exact) mass is 247 g/mol. The molecule has 0 aromatic heterocycles. The first-order valence-corrected chi connectivity index (χ1v) is 3.74. The van der Waals surface area contributed by atoms with Gasteiger partial charge in [0.15, 0.2) is 3.61 Å². The molecule has 0 aliphatic carbocycles. The van der Waals surface area contributed by atoms with Crippen molar-refractivity contribution >= 4 is 32.0 Å². The largest absolute Gasteiger partial charge is 0.374 e. The maximum atomic E-state index is 9.03. The van der Waals surface area contributed by atoms with Crippen LogP contribution in [-0.4, -0.2) is 31.3 Å². The zero-order valence-electron chi connectivity index (χ0n) is 4.08. The van der Waals surface area contributed by atoms with Gasteiger partial charge in [0, 0.05) is 6.54 Å². The Bertz CT molecular complexity index is 109. The van der Waals surface area contributed by atoms with Crippen LogP contribution in [-0.2, 0) is 0 Å². The van der Waals surface area contributed by atoms with Gasteiger partial charge in [-0.3, -0.25) is 4.67 Å². The fourth-order valence-corrected chi connectivity index (χ4v) is 2.52. The fraction of sp³-hybridized carbons (Fsp3) is 1.00. The van der Waals surface area contributed by atoms with E-state index in [0.717, 1.165) is 0 Å². The van der Waals surface area contributed by atoms with E-state index in [1.165, 1.54) is 0 Å². The van der Waals surface area contributed by atoms with Crippen molar-refractivity contribution in [2.45, 2.75) is 9.84 Å². The maximum absolute atomic E-state index is 9.03. The molecular weight excluding hydrogens is 240 g/mol. The van der Waals surface area contributed by atoms with Gasteiger partial charge in [-0.2, -0.15) is 0 Å². The third-order valence-corrected chi connectivity index (χ3v) is 2.48. The number of halogens is 1. The lowest BCUT2D eigenvalue weighted by molar-refractivity contribution is -0.133. The predicted molar refractivity (Wildman–Crippen MR) is 41.4 cm³/mol. The molecule has 0 amide bonds. The molecule has 3 atom stereocenters. The fourth-order valence-electron chi connectivity index (χ4n) is 0.566. The minimum absolute atomic E-state index is 0.513. The van der Waals surface area contributed by atoms with Crippen LogP contribution in [0.4, 0.5) is 0 Å². The van der Waals surface area contributed by atoms with E-state index in [1.54, 1.807) is 4.67 Å². The summed E-state index contributed by atoms with van der Waals surface area (Å²) in [4.78, 5) is 0. The highest BCUT2D eigenvalue weighted by Gasteiger charge is 2.46. The van der Waals surface area contributed by atoms with Crippen LogP contribution in [0.3, 0.4) is 0 Å². The highest BCUT2D eigenvalue weighted by atomic mass is 127. The molecule has 8 heavy (non-hydrogen) atoms. The van der Waals surface area contributed by atoms with Crippen molar-refractivity contribution in [3.8, 4) is 0 Å². The van der Waals surface area contributed by atoms with Gasteiger partial charge < -0.3 is 10.2 Å². The molecule has 0 aromatic rings. The first-order chi connectivity index (χ1) is 3.54. The van der Waals surface area contributed by atoms with Gasteiger partial charge in [-0.15, -0.1) is 0 Å². The summed E-state index contributed by atoms with van der Waals surface area (Å²) in [6.07, 6.45) is -0.715. The van der Waals surface area contributed by atoms with Crippen LogP contribution in [0.1, 0.15) is 0 Å². The van der Waals surface area contributed by atoms with Crippen molar-refractivity contribution in [3.63, 3.8) is 0 Å². The van der Waals surface area contributed by atoms with Crippen molar-refractivity contribution < 1.29 is 10.2 Å². The standard InChI is InChI=1S/C3H7INO2P/c4-3(7)1-5(8)2(3)6/h2,6-7H,1,8H2. The zero-order valence-corrected chi connectivity index (χ0v) is 7.39. The smallest absolute Gasteiger partial charge is 0.168 e. The Morgan fingerprint density at radius 2 is 2.38 bits per heavy atom. The Kier molecular flexibility index (Phi) is 1.81. The summed E-state index contributed by atoms with van der Waals surface area (Å²) in [6.45, 7) is 0.513. The molecule has 0 spiro atoms. The van der Waals surface area contributed by atoms with Crippen molar-refractivity contribution in [1.29, 1.82) is 0 Å². The molecule has 1 aliphatic heterocycles. The minimum atomic E-state index is -0.917. The normalized spacial score (nSPS) is 48.8. The van der Waals surface area contributed by atoms with Crippen molar-refractivity contribution in [2.75, 3.05) is 6.54 Å². The van der Waals surface area contributed by atoms with Gasteiger partial charge in [0.25, 0.3) is 0 Å². The Balaban J connectivity index is 2.47. The third-order valence-electron chi connectivity index (χ3n) is 1.11. The number of aliphatic hydroxyl groups is 2. The van der Waals surface area contributed by atoms with Crippen LogP contribution in [0.15, 0.2) is 0 Å². The minimum Gasteiger partial charge on any atom is -0.374 e. The Morgan fingerprint density at radius 1 is 1.88 bits per heavy atom. The number of β-amino-alcohol motifs (C(OH)–C–C–N with tert-alkyl or cyclic N) is 1. The van der Waals surface area contributed by atoms with E-state index < -0.39 is 9.84 Å². The van der Waals surface area contributed by atoms with Crippen LogP contribution >= 0.6 is 32.0 Å². The molecule has 0 aromatic carbocycles. The Morgan fingerprint density at radius 3 is 2.38 bits per heavy atom. The molecule has 1 rings (SSSR count). The molecule has 3 nitrogen and oxygen atoms in total. The van der Waals surface area contributed by atoms with Crippen molar-refractivity contribution in [1.82, 2.24) is 4.67 Å². The van der Waals surface area contributed by atoms with E-state index in [-0.39, 0.29) is 0 Å². The van der Waals surface area contributed by atoms with Gasteiger partial charge in [-0.05, 0) is 22.6 Å². The molecule has 1 heterocycles. The number of hydrogen-bond donors (Lipinski definition) is 2. The number of rotatable bonds is 0. The quantitative estimate of drug-likeness (QED) is 0.345. The van der Waals surface area contributed by atoms with E-state index in [2.05, 4.69) is 9.39 Å². The first-order valence-electron chi connectivity index (χ1n) is 2.15. The molecule has 1 fully saturated rings. The molecule has 0 radical (unpaired) electrons. The average molecular weight is 247 g/mol. The second kappa shape index (κ2) is 2.02. The summed E-state index contributed by atoms with van der Waals surface area (Å²) in [5.74, 6) is 0. The summed E-state index contributed by atoms with van der Waals surface area (Å²) in [7, 11) is 2.32. The third kappa shape index (κ3) is 0.998. The number of aliphatic hydroxyl groups excluding tert-OH is 1. The van der Waals surface area contributed by atoms with Gasteiger partial charge in [0.2, 0.25) is 0 Å². The molecule has 0 bridgehead atoms. The van der Waals surface area contributed by atoms with Crippen molar-refractivity contribution in [2.24, 2.45) is 0 Å². The summed E-state index contributed by atoms with van der Waals surface area (Å²) < 4.78 is 0.673. The molecule has 0 saturated carbocycles. The lowest BCUT2D eigenvalue weighted by Gasteiger charge is -2.45. The Labute approximate surface area is 63.5 Å². The first kappa shape index (κ1) is 7.15. The lowest BCUT2D eigenvalue weighted by Crippen LogP contribution is -2.61.